The maximum atomic E-state index is 5.68. The molecule has 9 rings (SSSR count). The van der Waals surface area contributed by atoms with E-state index in [0.29, 0.717) is 0 Å². The molecule has 0 radical (unpaired) electrons. The Hall–Kier alpha value is -5.35. The van der Waals surface area contributed by atoms with Gasteiger partial charge in [0, 0.05) is 32.6 Å². The molecule has 0 aliphatic heterocycles. The van der Waals surface area contributed by atoms with Crippen LogP contribution >= 0.6 is 0 Å². The summed E-state index contributed by atoms with van der Waals surface area (Å²) in [6, 6.07) is 43.4. The molecule has 0 spiro atoms. The number of para-hydroxylation sites is 4. The minimum absolute atomic E-state index is 0.783. The van der Waals surface area contributed by atoms with Gasteiger partial charge in [0.2, 0.25) is 0 Å². The summed E-state index contributed by atoms with van der Waals surface area (Å²) < 4.78 is 10.4. The van der Waals surface area contributed by atoms with Crippen molar-refractivity contribution < 1.29 is 4.42 Å². The summed E-state index contributed by atoms with van der Waals surface area (Å²) in [4.78, 5) is 4.59. The average molecular weight is 500 g/mol. The van der Waals surface area contributed by atoms with Crippen molar-refractivity contribution in [3.05, 3.63) is 128 Å². The van der Waals surface area contributed by atoms with Crippen LogP contribution in [-0.2, 0) is 0 Å². The molecule has 3 aromatic heterocycles. The van der Waals surface area contributed by atoms with E-state index in [1.165, 1.54) is 49.7 Å². The number of rotatable bonds is 2. The van der Waals surface area contributed by atoms with Crippen LogP contribution in [-0.4, -0.2) is 14.1 Å². The topological polar surface area (TPSA) is 35.9 Å². The SMILES string of the molecule is c1ccc(-n2c3ccccc3c3ccc4cc5c6ccccc6n(-c6cccc7ocnc67)c5cc4c32)cc1. The van der Waals surface area contributed by atoms with Gasteiger partial charge in [-0.05, 0) is 53.9 Å². The number of fused-ring (bicyclic) bond motifs is 9. The van der Waals surface area contributed by atoms with Gasteiger partial charge in [-0.15, -0.1) is 0 Å². The minimum atomic E-state index is 0.783. The lowest BCUT2D eigenvalue weighted by molar-refractivity contribution is 0.602. The highest BCUT2D eigenvalue weighted by molar-refractivity contribution is 6.22. The number of hydrogen-bond acceptors (Lipinski definition) is 2. The zero-order chi connectivity index (χ0) is 25.5. The highest BCUT2D eigenvalue weighted by atomic mass is 16.3. The van der Waals surface area contributed by atoms with Crippen molar-refractivity contribution in [2.75, 3.05) is 0 Å². The Bertz CT molecular complexity index is 2390. The van der Waals surface area contributed by atoms with Crippen LogP contribution in [0.1, 0.15) is 0 Å². The Labute approximate surface area is 222 Å². The Morgan fingerprint density at radius 2 is 1.26 bits per heavy atom. The van der Waals surface area contributed by atoms with E-state index in [1.807, 2.05) is 12.1 Å². The number of aromatic nitrogens is 3. The van der Waals surface area contributed by atoms with Gasteiger partial charge in [-0.25, -0.2) is 4.98 Å². The maximum absolute atomic E-state index is 5.68. The van der Waals surface area contributed by atoms with Crippen molar-refractivity contribution in [3.63, 3.8) is 0 Å². The monoisotopic (exact) mass is 499 g/mol. The molecule has 3 heterocycles. The van der Waals surface area contributed by atoms with Crippen molar-refractivity contribution in [3.8, 4) is 11.4 Å². The molecule has 0 aliphatic rings. The van der Waals surface area contributed by atoms with Crippen molar-refractivity contribution >= 4 is 65.5 Å². The van der Waals surface area contributed by atoms with Crippen LogP contribution in [0.4, 0.5) is 0 Å². The van der Waals surface area contributed by atoms with Crippen molar-refractivity contribution in [2.24, 2.45) is 0 Å². The molecule has 4 heteroatoms. The fourth-order valence-corrected chi connectivity index (χ4v) is 6.40. The first-order valence-electron chi connectivity index (χ1n) is 13.1. The van der Waals surface area contributed by atoms with Gasteiger partial charge in [-0.1, -0.05) is 72.8 Å². The summed E-state index contributed by atoms with van der Waals surface area (Å²) in [5.74, 6) is 0. The Kier molecular flexibility index (Phi) is 4.02. The van der Waals surface area contributed by atoms with E-state index in [4.69, 9.17) is 4.42 Å². The molecule has 0 fully saturated rings. The molecule has 0 aliphatic carbocycles. The normalized spacial score (nSPS) is 12.1. The highest BCUT2D eigenvalue weighted by Crippen LogP contribution is 2.41. The predicted molar refractivity (Wildman–Crippen MR) is 160 cm³/mol. The van der Waals surface area contributed by atoms with E-state index >= 15 is 0 Å². The van der Waals surface area contributed by atoms with Gasteiger partial charge in [-0.2, -0.15) is 0 Å². The number of benzene rings is 6. The third-order valence-electron chi connectivity index (χ3n) is 8.04. The van der Waals surface area contributed by atoms with E-state index in [2.05, 4.69) is 123 Å². The summed E-state index contributed by atoms with van der Waals surface area (Å²) in [5.41, 5.74) is 8.54. The molecule has 6 aromatic carbocycles. The van der Waals surface area contributed by atoms with Gasteiger partial charge in [0.1, 0.15) is 5.52 Å². The molecule has 4 nitrogen and oxygen atoms in total. The van der Waals surface area contributed by atoms with Crippen molar-refractivity contribution in [1.82, 2.24) is 14.1 Å². The molecule has 0 saturated heterocycles. The van der Waals surface area contributed by atoms with Gasteiger partial charge in [0.25, 0.3) is 0 Å². The van der Waals surface area contributed by atoms with E-state index in [-0.39, 0.29) is 0 Å². The summed E-state index contributed by atoms with van der Waals surface area (Å²) in [6.45, 7) is 0. The van der Waals surface area contributed by atoms with Crippen LogP contribution in [0.15, 0.2) is 132 Å². The summed E-state index contributed by atoms with van der Waals surface area (Å²) >= 11 is 0. The molecule has 0 saturated carbocycles. The Balaban J connectivity index is 1.51. The summed E-state index contributed by atoms with van der Waals surface area (Å²) in [6.07, 6.45) is 1.53. The quantitative estimate of drug-likeness (QED) is 0.238. The largest absolute Gasteiger partial charge is 0.443 e. The lowest BCUT2D eigenvalue weighted by Gasteiger charge is -2.11. The molecule has 0 N–H and O–H groups in total. The Morgan fingerprint density at radius 3 is 2.10 bits per heavy atom. The van der Waals surface area contributed by atoms with E-state index in [0.717, 1.165) is 33.5 Å². The fourth-order valence-electron chi connectivity index (χ4n) is 6.40. The molecule has 182 valence electrons. The first-order valence-corrected chi connectivity index (χ1v) is 13.1. The summed E-state index contributed by atoms with van der Waals surface area (Å²) in [7, 11) is 0. The highest BCUT2D eigenvalue weighted by Gasteiger charge is 2.19. The van der Waals surface area contributed by atoms with Gasteiger partial charge in [0.05, 0.1) is 27.8 Å². The van der Waals surface area contributed by atoms with Gasteiger partial charge in [-0.3, -0.25) is 0 Å². The first kappa shape index (κ1) is 20.7. The zero-order valence-electron chi connectivity index (χ0n) is 20.9. The smallest absolute Gasteiger partial charge is 0.182 e. The predicted octanol–water partition coefficient (Wildman–Crippen LogP) is 9.18. The minimum Gasteiger partial charge on any atom is -0.443 e. The van der Waals surface area contributed by atoms with E-state index in [9.17, 15) is 0 Å². The first-order chi connectivity index (χ1) is 19.4. The molecule has 0 bridgehead atoms. The molecular weight excluding hydrogens is 478 g/mol. The lowest BCUT2D eigenvalue weighted by Crippen LogP contribution is -1.96. The number of oxazole rings is 1. The van der Waals surface area contributed by atoms with Crippen LogP contribution in [0.3, 0.4) is 0 Å². The van der Waals surface area contributed by atoms with Crippen LogP contribution in [0.5, 0.6) is 0 Å². The van der Waals surface area contributed by atoms with E-state index < -0.39 is 0 Å². The van der Waals surface area contributed by atoms with Crippen LogP contribution in [0.25, 0.3) is 76.9 Å². The van der Waals surface area contributed by atoms with Crippen molar-refractivity contribution in [1.29, 1.82) is 0 Å². The molecule has 39 heavy (non-hydrogen) atoms. The standard InChI is InChI=1S/C35H21N3O/c1-2-9-23(10-3-1)37-29-13-6-4-11-24(29)26-18-17-22-19-28-25-12-5-7-14-30(25)38(32(28)20-27(22)35(26)37)31-15-8-16-33-34(31)36-21-39-33/h1-21H. The zero-order valence-corrected chi connectivity index (χ0v) is 20.9. The molecule has 0 unspecified atom stereocenters. The van der Waals surface area contributed by atoms with E-state index in [1.54, 1.807) is 0 Å². The second-order valence-electron chi connectivity index (χ2n) is 10.1. The number of hydrogen-bond donors (Lipinski definition) is 0. The van der Waals surface area contributed by atoms with Gasteiger partial charge in [0.15, 0.2) is 12.0 Å². The molecule has 0 atom stereocenters. The lowest BCUT2D eigenvalue weighted by atomic mass is 10.0. The molecule has 9 aromatic rings. The van der Waals surface area contributed by atoms with Crippen LogP contribution < -0.4 is 0 Å². The number of nitrogens with zero attached hydrogens (tertiary/aromatic N) is 3. The summed E-state index contributed by atoms with van der Waals surface area (Å²) in [5, 5.41) is 7.39. The fraction of sp³-hybridized carbons (Fsp3) is 0. The second kappa shape index (κ2) is 7.59. The van der Waals surface area contributed by atoms with Crippen molar-refractivity contribution in [2.45, 2.75) is 0 Å². The average Bonchev–Trinajstić information content (AvgIpc) is 3.69. The molecule has 0 amide bonds. The maximum Gasteiger partial charge on any atom is 0.182 e. The van der Waals surface area contributed by atoms with Gasteiger partial charge < -0.3 is 13.6 Å². The van der Waals surface area contributed by atoms with Gasteiger partial charge >= 0.3 is 0 Å². The molecular formula is C35H21N3O. The third-order valence-corrected chi connectivity index (χ3v) is 8.04. The Morgan fingerprint density at radius 1 is 0.513 bits per heavy atom. The third kappa shape index (κ3) is 2.75. The van der Waals surface area contributed by atoms with Crippen LogP contribution in [0, 0.1) is 0 Å². The van der Waals surface area contributed by atoms with Crippen LogP contribution in [0.2, 0.25) is 0 Å². The second-order valence-corrected chi connectivity index (χ2v) is 10.1.